The molecule has 2 rings (SSSR count). The Morgan fingerprint density at radius 3 is 2.67 bits per heavy atom. The molecular weight excluding hydrogens is 388 g/mol. The van der Waals surface area contributed by atoms with Crippen LogP contribution >= 0.6 is 23.2 Å². The number of aldehydes is 1. The van der Waals surface area contributed by atoms with E-state index in [0.717, 1.165) is 12.8 Å². The lowest BCUT2D eigenvalue weighted by Crippen LogP contribution is -2.42. The second-order valence-corrected chi connectivity index (χ2v) is 6.78. The number of benzene rings is 2. The van der Waals surface area contributed by atoms with Gasteiger partial charge in [0, 0.05) is 41.8 Å². The van der Waals surface area contributed by atoms with E-state index in [1.807, 2.05) is 17.9 Å². The normalized spacial score (nSPS) is 11.7. The fraction of sp³-hybridized carbons (Fsp3) is 0.300. The molecule has 0 amide bonds. The molecule has 142 valence electrons. The molecule has 4 nitrogen and oxygen atoms in total. The van der Waals surface area contributed by atoms with Crippen molar-refractivity contribution in [2.45, 2.75) is 25.9 Å². The molecule has 2 aromatic carbocycles. The highest BCUT2D eigenvalue weighted by atomic mass is 35.5. The molecule has 0 saturated carbocycles. The van der Waals surface area contributed by atoms with Gasteiger partial charge in [-0.05, 0) is 36.9 Å². The van der Waals surface area contributed by atoms with Crippen LogP contribution in [0.2, 0.25) is 10.0 Å². The first-order valence-electron chi connectivity index (χ1n) is 8.55. The van der Waals surface area contributed by atoms with Gasteiger partial charge in [-0.25, -0.2) is 4.39 Å². The molecule has 1 atom stereocenters. The van der Waals surface area contributed by atoms with Crippen LogP contribution in [0.3, 0.4) is 0 Å². The van der Waals surface area contributed by atoms with E-state index in [1.54, 1.807) is 30.3 Å². The van der Waals surface area contributed by atoms with E-state index in [2.05, 4.69) is 5.32 Å². The summed E-state index contributed by atoms with van der Waals surface area (Å²) in [6.07, 6.45) is 1.08. The summed E-state index contributed by atoms with van der Waals surface area (Å²) in [4.78, 5) is 13.1. The van der Waals surface area contributed by atoms with Crippen molar-refractivity contribution in [3.05, 3.63) is 63.4 Å². The Morgan fingerprint density at radius 1 is 1.30 bits per heavy atom. The minimum atomic E-state index is -0.416. The van der Waals surface area contributed by atoms with Crippen molar-refractivity contribution in [2.24, 2.45) is 0 Å². The molecule has 0 heterocycles. The molecule has 0 aliphatic carbocycles. The number of likely N-dealkylation sites (N-methyl/N-ethyl adjacent to an activating group) is 1. The second kappa shape index (κ2) is 10.3. The zero-order valence-corrected chi connectivity index (χ0v) is 16.4. The van der Waals surface area contributed by atoms with Gasteiger partial charge < -0.3 is 15.0 Å². The summed E-state index contributed by atoms with van der Waals surface area (Å²) in [6.45, 7) is 3.39. The first-order valence-corrected chi connectivity index (χ1v) is 9.30. The topological polar surface area (TPSA) is 56.1 Å². The molecule has 2 aromatic rings. The number of carbonyl (C=O) groups is 1. The van der Waals surface area contributed by atoms with Crippen molar-refractivity contribution in [2.75, 3.05) is 18.0 Å². The fourth-order valence-corrected chi connectivity index (χ4v) is 3.24. The average molecular weight is 408 g/mol. The van der Waals surface area contributed by atoms with Crippen LogP contribution < -0.4 is 10.2 Å². The van der Waals surface area contributed by atoms with E-state index < -0.39 is 5.82 Å². The number of nitrogens with one attached hydrogen (secondary N) is 1. The van der Waals surface area contributed by atoms with E-state index in [9.17, 15) is 9.18 Å². The lowest BCUT2D eigenvalue weighted by molar-refractivity contribution is -0.108. The van der Waals surface area contributed by atoms with Crippen LogP contribution in [-0.2, 0) is 11.3 Å². The van der Waals surface area contributed by atoms with Crippen LogP contribution in [0, 0.1) is 17.1 Å². The van der Waals surface area contributed by atoms with Crippen molar-refractivity contribution in [1.82, 2.24) is 5.32 Å². The molecule has 0 radical (unpaired) electrons. The van der Waals surface area contributed by atoms with Gasteiger partial charge in [-0.3, -0.25) is 0 Å². The molecule has 0 saturated heterocycles. The highest BCUT2D eigenvalue weighted by molar-refractivity contribution is 6.32. The Labute approximate surface area is 168 Å². The van der Waals surface area contributed by atoms with Crippen molar-refractivity contribution in [3.8, 4) is 6.07 Å². The summed E-state index contributed by atoms with van der Waals surface area (Å²) < 4.78 is 14.4. The zero-order chi connectivity index (χ0) is 19.8. The number of hydrogen-bond acceptors (Lipinski definition) is 4. The van der Waals surface area contributed by atoms with E-state index >= 15 is 0 Å². The summed E-state index contributed by atoms with van der Waals surface area (Å²) in [7, 11) is 0. The van der Waals surface area contributed by atoms with Gasteiger partial charge in [0.2, 0.25) is 0 Å². The third-order valence-electron chi connectivity index (χ3n) is 4.23. The number of hydrogen-bond donors (Lipinski definition) is 1. The third kappa shape index (κ3) is 5.43. The van der Waals surface area contributed by atoms with Gasteiger partial charge >= 0.3 is 0 Å². The highest BCUT2D eigenvalue weighted by Gasteiger charge is 2.22. The van der Waals surface area contributed by atoms with Crippen LogP contribution in [0.15, 0.2) is 36.4 Å². The zero-order valence-electron chi connectivity index (χ0n) is 14.9. The van der Waals surface area contributed by atoms with Crippen LogP contribution in [-0.4, -0.2) is 25.4 Å². The molecule has 0 aliphatic heterocycles. The predicted molar refractivity (Wildman–Crippen MR) is 107 cm³/mol. The molecule has 7 heteroatoms. The van der Waals surface area contributed by atoms with Gasteiger partial charge in [0.15, 0.2) is 0 Å². The van der Waals surface area contributed by atoms with Gasteiger partial charge in [-0.1, -0.05) is 36.2 Å². The standard InChI is InChI=1S/C20H20Cl2FN3O/c1-2-25-12-16(8-9-27)26(13-17-18(21)4-3-5-20(17)23)15-7-6-14(11-24)19(22)10-15/h3-7,9-10,16,25H,2,8,12-13H2,1H3/t16-/m0/s1. The minimum Gasteiger partial charge on any atom is -0.362 e. The smallest absolute Gasteiger partial charge is 0.129 e. The lowest BCUT2D eigenvalue weighted by atomic mass is 10.1. The Balaban J connectivity index is 2.48. The maximum atomic E-state index is 14.4. The number of nitrogens with zero attached hydrogens (tertiary/aromatic N) is 2. The first-order chi connectivity index (χ1) is 13.0. The molecule has 1 N–H and O–H groups in total. The Morgan fingerprint density at radius 2 is 2.07 bits per heavy atom. The summed E-state index contributed by atoms with van der Waals surface area (Å²) in [5, 5.41) is 12.9. The van der Waals surface area contributed by atoms with Gasteiger partial charge in [-0.2, -0.15) is 5.26 Å². The number of carbonyl (C=O) groups excluding carboxylic acids is 1. The largest absolute Gasteiger partial charge is 0.362 e. The van der Waals surface area contributed by atoms with Gasteiger partial charge in [0.25, 0.3) is 0 Å². The van der Waals surface area contributed by atoms with Crippen LogP contribution in [0.4, 0.5) is 10.1 Å². The summed E-state index contributed by atoms with van der Waals surface area (Å²) in [5.74, 6) is -0.416. The number of nitriles is 1. The first kappa shape index (κ1) is 21.2. The van der Waals surface area contributed by atoms with Crippen molar-refractivity contribution >= 4 is 35.2 Å². The highest BCUT2D eigenvalue weighted by Crippen LogP contribution is 2.29. The Hall–Kier alpha value is -2.13. The van der Waals surface area contributed by atoms with Crippen molar-refractivity contribution in [3.63, 3.8) is 0 Å². The Kier molecular flexibility index (Phi) is 8.05. The lowest BCUT2D eigenvalue weighted by Gasteiger charge is -2.34. The molecule has 27 heavy (non-hydrogen) atoms. The average Bonchev–Trinajstić information content (AvgIpc) is 2.65. The van der Waals surface area contributed by atoms with Crippen molar-refractivity contribution in [1.29, 1.82) is 5.26 Å². The molecule has 0 fully saturated rings. The Bertz CT molecular complexity index is 818. The number of anilines is 1. The maximum Gasteiger partial charge on any atom is 0.129 e. The molecular formula is C20H20Cl2FN3O. The monoisotopic (exact) mass is 407 g/mol. The maximum absolute atomic E-state index is 14.4. The van der Waals surface area contributed by atoms with Crippen LogP contribution in [0.1, 0.15) is 24.5 Å². The minimum absolute atomic E-state index is 0.164. The summed E-state index contributed by atoms with van der Waals surface area (Å²) >= 11 is 12.4. The third-order valence-corrected chi connectivity index (χ3v) is 4.90. The fourth-order valence-electron chi connectivity index (χ4n) is 2.80. The molecule has 0 aliphatic rings. The van der Waals surface area contributed by atoms with Gasteiger partial charge in [0.05, 0.1) is 10.6 Å². The second-order valence-electron chi connectivity index (χ2n) is 5.97. The van der Waals surface area contributed by atoms with Gasteiger partial charge in [-0.15, -0.1) is 0 Å². The number of rotatable bonds is 9. The van der Waals surface area contributed by atoms with E-state index in [0.29, 0.717) is 33.4 Å². The van der Waals surface area contributed by atoms with Gasteiger partial charge in [0.1, 0.15) is 18.2 Å². The molecule has 0 unspecified atom stereocenters. The SMILES string of the molecule is CCNC[C@H](CC=O)N(Cc1c(F)cccc1Cl)c1ccc(C#N)c(Cl)c1. The quantitative estimate of drug-likeness (QED) is 0.618. The molecule has 0 bridgehead atoms. The summed E-state index contributed by atoms with van der Waals surface area (Å²) in [6, 6.07) is 11.3. The van der Waals surface area contributed by atoms with Crippen molar-refractivity contribution < 1.29 is 9.18 Å². The van der Waals surface area contributed by atoms with E-state index in [4.69, 9.17) is 28.5 Å². The number of halogens is 3. The predicted octanol–water partition coefficient (Wildman–Crippen LogP) is 4.58. The van der Waals surface area contributed by atoms with Crippen LogP contribution in [0.5, 0.6) is 0 Å². The summed E-state index contributed by atoms with van der Waals surface area (Å²) in [5.41, 5.74) is 1.37. The van der Waals surface area contributed by atoms with E-state index in [1.165, 1.54) is 6.07 Å². The van der Waals surface area contributed by atoms with Crippen LogP contribution in [0.25, 0.3) is 0 Å². The van der Waals surface area contributed by atoms with E-state index in [-0.39, 0.29) is 19.0 Å². The molecule has 0 aromatic heterocycles. The molecule has 0 spiro atoms.